The van der Waals surface area contributed by atoms with Gasteiger partial charge in [-0.25, -0.2) is 0 Å². The number of carbonyl (C=O) groups excluding carboxylic acids is 1. The van der Waals surface area contributed by atoms with E-state index >= 15 is 0 Å². The summed E-state index contributed by atoms with van der Waals surface area (Å²) in [5.41, 5.74) is 2.21. The molecule has 0 aromatic heterocycles. The first-order chi connectivity index (χ1) is 10.1. The molecule has 116 valence electrons. The number of amides is 1. The maximum atomic E-state index is 11.9. The first kappa shape index (κ1) is 16.0. The second-order valence-corrected chi connectivity index (χ2v) is 6.33. The predicted molar refractivity (Wildman–Crippen MR) is 88.7 cm³/mol. The van der Waals surface area contributed by atoms with Crippen molar-refractivity contribution < 1.29 is 4.79 Å². The van der Waals surface area contributed by atoms with Gasteiger partial charge in [0.15, 0.2) is 0 Å². The molecule has 0 saturated carbocycles. The third kappa shape index (κ3) is 5.50. The van der Waals surface area contributed by atoms with Crippen LogP contribution in [-0.4, -0.2) is 30.4 Å². The van der Waals surface area contributed by atoms with E-state index in [9.17, 15) is 4.79 Å². The van der Waals surface area contributed by atoms with Crippen molar-refractivity contribution in [3.05, 3.63) is 29.8 Å². The van der Waals surface area contributed by atoms with Crippen LogP contribution in [0.25, 0.3) is 0 Å². The molecule has 1 fully saturated rings. The Morgan fingerprint density at radius 3 is 2.43 bits per heavy atom. The normalized spacial score (nSPS) is 15.6. The highest BCUT2D eigenvalue weighted by Gasteiger charge is 2.10. The maximum absolute atomic E-state index is 11.9. The van der Waals surface area contributed by atoms with Gasteiger partial charge in [-0.2, -0.15) is 0 Å². The lowest BCUT2D eigenvalue weighted by Gasteiger charge is -2.13. The molecule has 0 bridgehead atoms. The van der Waals surface area contributed by atoms with E-state index in [1.165, 1.54) is 31.5 Å². The van der Waals surface area contributed by atoms with Crippen LogP contribution in [0.1, 0.15) is 57.4 Å². The number of unbranched alkanes of at least 4 members (excludes halogenated alkanes) is 1. The Bertz CT molecular complexity index is 433. The topological polar surface area (TPSA) is 32.3 Å². The number of benzene rings is 1. The third-order valence-electron chi connectivity index (χ3n) is 4.19. The SMILES string of the molecule is CC(C)c1ccc(NC(=O)CCCCN2CCCC2)cc1. The molecule has 0 unspecified atom stereocenters. The van der Waals surface area contributed by atoms with Crippen molar-refractivity contribution in [1.29, 1.82) is 0 Å². The minimum absolute atomic E-state index is 0.133. The second kappa shape index (κ2) is 8.18. The predicted octanol–water partition coefficient (Wildman–Crippen LogP) is 4.01. The fourth-order valence-corrected chi connectivity index (χ4v) is 2.80. The lowest BCUT2D eigenvalue weighted by molar-refractivity contribution is -0.116. The molecule has 1 aromatic carbocycles. The smallest absolute Gasteiger partial charge is 0.224 e. The van der Waals surface area contributed by atoms with Gasteiger partial charge in [0.2, 0.25) is 5.91 Å². The van der Waals surface area contributed by atoms with E-state index in [0.717, 1.165) is 25.1 Å². The fraction of sp³-hybridized carbons (Fsp3) is 0.611. The molecule has 1 aromatic rings. The number of nitrogens with one attached hydrogen (secondary N) is 1. The Kier molecular flexibility index (Phi) is 6.24. The summed E-state index contributed by atoms with van der Waals surface area (Å²) in [5, 5.41) is 2.98. The van der Waals surface area contributed by atoms with E-state index in [4.69, 9.17) is 0 Å². The quantitative estimate of drug-likeness (QED) is 0.769. The summed E-state index contributed by atoms with van der Waals surface area (Å²) in [5.74, 6) is 0.661. The molecule has 3 heteroatoms. The summed E-state index contributed by atoms with van der Waals surface area (Å²) < 4.78 is 0. The van der Waals surface area contributed by atoms with Crippen LogP contribution < -0.4 is 5.32 Å². The Hall–Kier alpha value is -1.35. The Balaban J connectivity index is 1.64. The molecular weight excluding hydrogens is 260 g/mol. The number of anilines is 1. The molecule has 1 aliphatic rings. The molecule has 0 radical (unpaired) electrons. The minimum Gasteiger partial charge on any atom is -0.326 e. The standard InChI is InChI=1S/C18H28N2O/c1-15(2)16-8-10-17(11-9-16)19-18(21)7-3-4-12-20-13-5-6-14-20/h8-11,15H,3-7,12-14H2,1-2H3,(H,19,21). The van der Waals surface area contributed by atoms with E-state index in [1.54, 1.807) is 0 Å². The maximum Gasteiger partial charge on any atom is 0.224 e. The number of nitrogens with zero attached hydrogens (tertiary/aromatic N) is 1. The number of hydrogen-bond donors (Lipinski definition) is 1. The van der Waals surface area contributed by atoms with Crippen molar-refractivity contribution in [2.24, 2.45) is 0 Å². The zero-order valence-corrected chi connectivity index (χ0v) is 13.4. The first-order valence-corrected chi connectivity index (χ1v) is 8.27. The molecule has 0 spiro atoms. The fourth-order valence-electron chi connectivity index (χ4n) is 2.80. The summed E-state index contributed by atoms with van der Waals surface area (Å²) in [6.07, 6.45) is 5.41. The van der Waals surface area contributed by atoms with Gasteiger partial charge in [-0.15, -0.1) is 0 Å². The molecule has 1 N–H and O–H groups in total. The second-order valence-electron chi connectivity index (χ2n) is 6.33. The zero-order valence-electron chi connectivity index (χ0n) is 13.4. The molecule has 21 heavy (non-hydrogen) atoms. The molecule has 2 rings (SSSR count). The lowest BCUT2D eigenvalue weighted by Crippen LogP contribution is -2.20. The van der Waals surface area contributed by atoms with Gasteiger partial charge >= 0.3 is 0 Å². The molecule has 1 aliphatic heterocycles. The van der Waals surface area contributed by atoms with E-state index in [1.807, 2.05) is 12.1 Å². The van der Waals surface area contributed by atoms with Crippen LogP contribution in [0.4, 0.5) is 5.69 Å². The van der Waals surface area contributed by atoms with Gasteiger partial charge < -0.3 is 10.2 Å². The molecule has 3 nitrogen and oxygen atoms in total. The highest BCUT2D eigenvalue weighted by molar-refractivity contribution is 5.90. The number of carbonyl (C=O) groups is 1. The van der Waals surface area contributed by atoms with Crippen LogP contribution in [0, 0.1) is 0 Å². The van der Waals surface area contributed by atoms with Crippen LogP contribution in [0.15, 0.2) is 24.3 Å². The van der Waals surface area contributed by atoms with E-state index in [0.29, 0.717) is 12.3 Å². The van der Waals surface area contributed by atoms with Gasteiger partial charge in [0.05, 0.1) is 0 Å². The summed E-state index contributed by atoms with van der Waals surface area (Å²) in [7, 11) is 0. The molecular formula is C18H28N2O. The van der Waals surface area contributed by atoms with Crippen LogP contribution >= 0.6 is 0 Å². The van der Waals surface area contributed by atoms with E-state index in [2.05, 4.69) is 36.2 Å². The Labute approximate surface area is 128 Å². The van der Waals surface area contributed by atoms with Crippen LogP contribution in [-0.2, 0) is 4.79 Å². The van der Waals surface area contributed by atoms with Crippen molar-refractivity contribution in [3.8, 4) is 0 Å². The highest BCUT2D eigenvalue weighted by Crippen LogP contribution is 2.17. The number of likely N-dealkylation sites (tertiary alicyclic amines) is 1. The molecule has 0 atom stereocenters. The largest absolute Gasteiger partial charge is 0.326 e. The first-order valence-electron chi connectivity index (χ1n) is 8.27. The van der Waals surface area contributed by atoms with Gasteiger partial charge in [-0.05, 0) is 68.9 Å². The lowest BCUT2D eigenvalue weighted by atomic mass is 10.0. The minimum atomic E-state index is 0.133. The molecule has 1 amide bonds. The monoisotopic (exact) mass is 288 g/mol. The average Bonchev–Trinajstić information content (AvgIpc) is 2.97. The zero-order chi connectivity index (χ0) is 15.1. The van der Waals surface area contributed by atoms with E-state index < -0.39 is 0 Å². The van der Waals surface area contributed by atoms with Crippen LogP contribution in [0.3, 0.4) is 0 Å². The average molecular weight is 288 g/mol. The van der Waals surface area contributed by atoms with Crippen LogP contribution in [0.5, 0.6) is 0 Å². The van der Waals surface area contributed by atoms with E-state index in [-0.39, 0.29) is 5.91 Å². The van der Waals surface area contributed by atoms with Crippen molar-refractivity contribution in [2.45, 2.75) is 51.9 Å². The van der Waals surface area contributed by atoms with Gasteiger partial charge in [0.1, 0.15) is 0 Å². The molecule has 0 aliphatic carbocycles. The molecule has 1 saturated heterocycles. The Morgan fingerprint density at radius 1 is 1.14 bits per heavy atom. The molecule has 1 heterocycles. The summed E-state index contributed by atoms with van der Waals surface area (Å²) >= 11 is 0. The van der Waals surface area contributed by atoms with Gasteiger partial charge in [-0.1, -0.05) is 26.0 Å². The van der Waals surface area contributed by atoms with Gasteiger partial charge in [0.25, 0.3) is 0 Å². The number of hydrogen-bond acceptors (Lipinski definition) is 2. The summed E-state index contributed by atoms with van der Waals surface area (Å²) in [4.78, 5) is 14.4. The number of rotatable bonds is 7. The van der Waals surface area contributed by atoms with Crippen molar-refractivity contribution in [2.75, 3.05) is 25.0 Å². The van der Waals surface area contributed by atoms with Gasteiger partial charge in [-0.3, -0.25) is 4.79 Å². The van der Waals surface area contributed by atoms with Crippen molar-refractivity contribution in [1.82, 2.24) is 4.90 Å². The van der Waals surface area contributed by atoms with Crippen molar-refractivity contribution in [3.63, 3.8) is 0 Å². The summed E-state index contributed by atoms with van der Waals surface area (Å²) in [6.45, 7) is 7.99. The van der Waals surface area contributed by atoms with Crippen molar-refractivity contribution >= 4 is 11.6 Å². The van der Waals surface area contributed by atoms with Gasteiger partial charge in [0, 0.05) is 12.1 Å². The third-order valence-corrected chi connectivity index (χ3v) is 4.19. The highest BCUT2D eigenvalue weighted by atomic mass is 16.1. The van der Waals surface area contributed by atoms with Crippen LogP contribution in [0.2, 0.25) is 0 Å². The Morgan fingerprint density at radius 2 is 1.81 bits per heavy atom. The summed E-state index contributed by atoms with van der Waals surface area (Å²) in [6, 6.07) is 8.18.